The van der Waals surface area contributed by atoms with E-state index in [0.717, 1.165) is 0 Å². The normalized spacial score (nSPS) is 28.3. The number of benzene rings is 1. The molecule has 3 rings (SSSR count). The minimum atomic E-state index is -0.922. The van der Waals surface area contributed by atoms with Gasteiger partial charge in [-0.3, -0.25) is 5.32 Å². The third kappa shape index (κ3) is 3.53. The molecule has 6 nitrogen and oxygen atoms in total. The number of carbonyl (C=O) groups excluding carboxylic acids is 1. The molecular weight excluding hydrogens is 357 g/mol. The molecule has 0 radical (unpaired) electrons. The lowest BCUT2D eigenvalue weighted by molar-refractivity contribution is 0.0562. The topological polar surface area (TPSA) is 85.9 Å². The molecule has 3 atom stereocenters. The van der Waals surface area contributed by atoms with Crippen molar-refractivity contribution in [1.82, 2.24) is 5.32 Å². The molecule has 0 saturated carbocycles. The standard InChI is InChI=1S/C18H24FN3O3S/c1-10-18(13-7-12(20)5-6-14(13)19)11(8-24-10)9-26-15(22-18)21-16(23)25-17(2,3)4/h5-7,10-11H,8-9,20H2,1-4H3,(H,21,22,23)/t10-,11-,18-/m0/s1. The van der Waals surface area contributed by atoms with Gasteiger partial charge in [-0.15, -0.1) is 0 Å². The van der Waals surface area contributed by atoms with Crippen LogP contribution in [0.4, 0.5) is 14.9 Å². The first-order valence-corrected chi connectivity index (χ1v) is 9.50. The zero-order chi connectivity index (χ0) is 19.1. The van der Waals surface area contributed by atoms with E-state index in [1.165, 1.54) is 23.9 Å². The Kier molecular flexibility index (Phi) is 4.92. The molecule has 0 spiro atoms. The molecule has 2 aliphatic heterocycles. The van der Waals surface area contributed by atoms with Crippen LogP contribution in [-0.4, -0.2) is 35.3 Å². The van der Waals surface area contributed by atoms with E-state index in [2.05, 4.69) is 5.32 Å². The number of nitrogen functional groups attached to an aromatic ring is 1. The van der Waals surface area contributed by atoms with Crippen LogP contribution < -0.4 is 11.1 Å². The molecule has 0 bridgehead atoms. The molecule has 2 heterocycles. The summed E-state index contributed by atoms with van der Waals surface area (Å²) in [4.78, 5) is 16.9. The van der Waals surface area contributed by atoms with Crippen LogP contribution in [0.15, 0.2) is 23.2 Å². The van der Waals surface area contributed by atoms with Gasteiger partial charge >= 0.3 is 6.09 Å². The fraction of sp³-hybridized carbons (Fsp3) is 0.556. The summed E-state index contributed by atoms with van der Waals surface area (Å²) < 4.78 is 25.8. The molecule has 1 fully saturated rings. The smallest absolute Gasteiger partial charge is 0.413 e. The number of alkyl carbamates (subject to hydrolysis) is 1. The molecule has 0 aliphatic carbocycles. The summed E-state index contributed by atoms with van der Waals surface area (Å²) >= 11 is 1.40. The molecule has 1 saturated heterocycles. The highest BCUT2D eigenvalue weighted by atomic mass is 32.2. The van der Waals surface area contributed by atoms with Crippen molar-refractivity contribution in [1.29, 1.82) is 0 Å². The number of nitrogens with zero attached hydrogens (tertiary/aromatic N) is 1. The zero-order valence-corrected chi connectivity index (χ0v) is 16.2. The lowest BCUT2D eigenvalue weighted by atomic mass is 9.77. The number of hydrogen-bond donors (Lipinski definition) is 2. The van der Waals surface area contributed by atoms with E-state index in [9.17, 15) is 9.18 Å². The Morgan fingerprint density at radius 2 is 2.23 bits per heavy atom. The van der Waals surface area contributed by atoms with Gasteiger partial charge in [0.2, 0.25) is 0 Å². The molecule has 3 N–H and O–H groups in total. The summed E-state index contributed by atoms with van der Waals surface area (Å²) in [6, 6.07) is 4.48. The van der Waals surface area contributed by atoms with Crippen molar-refractivity contribution >= 4 is 28.7 Å². The molecule has 1 aromatic rings. The Balaban J connectivity index is 1.99. The predicted molar refractivity (Wildman–Crippen MR) is 101 cm³/mol. The Bertz CT molecular complexity index is 750. The Hall–Kier alpha value is -1.80. The molecule has 0 aromatic heterocycles. The Labute approximate surface area is 156 Å². The van der Waals surface area contributed by atoms with E-state index in [-0.39, 0.29) is 17.8 Å². The number of rotatable bonds is 1. The monoisotopic (exact) mass is 381 g/mol. The van der Waals surface area contributed by atoms with Crippen LogP contribution in [0.2, 0.25) is 0 Å². The zero-order valence-electron chi connectivity index (χ0n) is 15.3. The average molecular weight is 381 g/mol. The van der Waals surface area contributed by atoms with Crippen molar-refractivity contribution < 1.29 is 18.7 Å². The summed E-state index contributed by atoms with van der Waals surface area (Å²) in [5.74, 6) is 0.254. The van der Waals surface area contributed by atoms with E-state index in [1.54, 1.807) is 26.8 Å². The number of hydrogen-bond acceptors (Lipinski definition) is 6. The SMILES string of the molecule is C[C@@H]1OC[C@H]2CSC(NC(=O)OC(C)(C)C)=N[C@]21c1cc(N)ccc1F. The van der Waals surface area contributed by atoms with Gasteiger partial charge in [0.1, 0.15) is 17.0 Å². The van der Waals surface area contributed by atoms with Crippen LogP contribution in [0.3, 0.4) is 0 Å². The van der Waals surface area contributed by atoms with E-state index in [4.69, 9.17) is 20.2 Å². The van der Waals surface area contributed by atoms with Gasteiger partial charge in [0.25, 0.3) is 0 Å². The second kappa shape index (κ2) is 6.74. The van der Waals surface area contributed by atoms with Gasteiger partial charge in [0.15, 0.2) is 5.17 Å². The van der Waals surface area contributed by atoms with Crippen LogP contribution in [0, 0.1) is 11.7 Å². The van der Waals surface area contributed by atoms with Crippen molar-refractivity contribution in [3.8, 4) is 0 Å². The summed E-state index contributed by atoms with van der Waals surface area (Å²) in [5, 5.41) is 3.08. The second-order valence-corrected chi connectivity index (χ2v) is 8.60. The van der Waals surface area contributed by atoms with Gasteiger partial charge in [-0.05, 0) is 45.9 Å². The average Bonchev–Trinajstić information content (AvgIpc) is 2.85. The summed E-state index contributed by atoms with van der Waals surface area (Å²) in [6.07, 6.45) is -0.933. The van der Waals surface area contributed by atoms with Crippen LogP contribution in [0.25, 0.3) is 0 Å². The molecule has 2 aliphatic rings. The number of amidine groups is 1. The number of amides is 1. The maximum absolute atomic E-state index is 14.7. The fourth-order valence-corrected chi connectivity index (χ4v) is 4.47. The largest absolute Gasteiger partial charge is 0.444 e. The number of halogens is 1. The van der Waals surface area contributed by atoms with Gasteiger partial charge in [0, 0.05) is 22.9 Å². The van der Waals surface area contributed by atoms with Gasteiger partial charge < -0.3 is 15.2 Å². The number of nitrogens with two attached hydrogens (primary N) is 1. The Morgan fingerprint density at radius 1 is 1.50 bits per heavy atom. The van der Waals surface area contributed by atoms with E-state index >= 15 is 0 Å². The van der Waals surface area contributed by atoms with Crippen LogP contribution >= 0.6 is 11.8 Å². The molecule has 142 valence electrons. The molecule has 0 unspecified atom stereocenters. The summed E-state index contributed by atoms with van der Waals surface area (Å²) in [5.41, 5.74) is 5.22. The number of carbonyl (C=O) groups is 1. The van der Waals surface area contributed by atoms with Crippen LogP contribution in [-0.2, 0) is 15.0 Å². The van der Waals surface area contributed by atoms with Crippen molar-refractivity contribution in [2.75, 3.05) is 18.1 Å². The molecule has 26 heavy (non-hydrogen) atoms. The predicted octanol–water partition coefficient (Wildman–Crippen LogP) is 3.27. The lowest BCUT2D eigenvalue weighted by Crippen LogP contribution is -2.46. The molecule has 8 heteroatoms. The minimum absolute atomic E-state index is 0.0111. The maximum atomic E-state index is 14.7. The van der Waals surface area contributed by atoms with Gasteiger partial charge in [-0.25, -0.2) is 14.2 Å². The van der Waals surface area contributed by atoms with E-state index in [1.807, 2.05) is 6.92 Å². The third-order valence-corrected chi connectivity index (χ3v) is 5.56. The molecular formula is C18H24FN3O3S. The third-order valence-electron chi connectivity index (χ3n) is 4.53. The first-order valence-electron chi connectivity index (χ1n) is 8.51. The van der Waals surface area contributed by atoms with Crippen molar-refractivity contribution in [2.45, 2.75) is 44.9 Å². The van der Waals surface area contributed by atoms with Gasteiger partial charge in [-0.1, -0.05) is 11.8 Å². The van der Waals surface area contributed by atoms with Crippen molar-refractivity contribution in [3.05, 3.63) is 29.6 Å². The van der Waals surface area contributed by atoms with Crippen molar-refractivity contribution in [3.63, 3.8) is 0 Å². The first-order chi connectivity index (χ1) is 12.1. The second-order valence-electron chi connectivity index (χ2n) is 7.59. The highest BCUT2D eigenvalue weighted by molar-refractivity contribution is 8.13. The Morgan fingerprint density at radius 3 is 2.92 bits per heavy atom. The highest BCUT2D eigenvalue weighted by Crippen LogP contribution is 2.49. The van der Waals surface area contributed by atoms with Gasteiger partial charge in [0.05, 0.1) is 12.7 Å². The molecule has 1 amide bonds. The minimum Gasteiger partial charge on any atom is -0.444 e. The van der Waals surface area contributed by atoms with E-state index in [0.29, 0.717) is 28.8 Å². The van der Waals surface area contributed by atoms with Crippen molar-refractivity contribution in [2.24, 2.45) is 10.9 Å². The van der Waals surface area contributed by atoms with Crippen LogP contribution in [0.5, 0.6) is 0 Å². The summed E-state index contributed by atoms with van der Waals surface area (Å²) in [7, 11) is 0. The number of ether oxygens (including phenoxy) is 2. The number of aliphatic imine (C=N–C) groups is 1. The number of fused-ring (bicyclic) bond motifs is 1. The summed E-state index contributed by atoms with van der Waals surface area (Å²) in [6.45, 7) is 7.71. The maximum Gasteiger partial charge on any atom is 0.413 e. The van der Waals surface area contributed by atoms with Crippen LogP contribution in [0.1, 0.15) is 33.3 Å². The fourth-order valence-electron chi connectivity index (χ4n) is 3.39. The number of anilines is 1. The van der Waals surface area contributed by atoms with E-state index < -0.39 is 17.2 Å². The van der Waals surface area contributed by atoms with Gasteiger partial charge in [-0.2, -0.15) is 0 Å². The number of thioether (sulfide) groups is 1. The molecule has 1 aromatic carbocycles. The quantitative estimate of drug-likeness (QED) is 0.729. The lowest BCUT2D eigenvalue weighted by Gasteiger charge is -2.38. The first kappa shape index (κ1) is 19.0. The highest BCUT2D eigenvalue weighted by Gasteiger charge is 2.54. The number of nitrogens with one attached hydrogen (secondary N) is 1.